The van der Waals surface area contributed by atoms with Gasteiger partial charge < -0.3 is 11.1 Å². The molecule has 1 aromatic heterocycles. The molecule has 8 heteroatoms. The van der Waals surface area contributed by atoms with Gasteiger partial charge in [-0.1, -0.05) is 20.8 Å². The second-order valence-electron chi connectivity index (χ2n) is 5.40. The topological polar surface area (TPSA) is 124 Å². The number of nitrogen functional groups attached to an aromatic ring is 1. The van der Waals surface area contributed by atoms with Gasteiger partial charge in [-0.3, -0.25) is 0 Å². The lowest BCUT2D eigenvalue weighted by atomic mass is 9.96. The fraction of sp³-hybridized carbons (Fsp3) is 0.636. The molecule has 0 aromatic carbocycles. The van der Waals surface area contributed by atoms with Crippen molar-refractivity contribution in [1.82, 2.24) is 9.97 Å². The van der Waals surface area contributed by atoms with Crippen LogP contribution < -0.4 is 16.2 Å². The highest BCUT2D eigenvalue weighted by Gasteiger charge is 2.18. The Morgan fingerprint density at radius 1 is 1.32 bits per heavy atom. The Hall–Kier alpha value is -1.41. The summed E-state index contributed by atoms with van der Waals surface area (Å²) in [7, 11) is -3.42. The summed E-state index contributed by atoms with van der Waals surface area (Å²) in [4.78, 5) is 8.54. The molecule has 108 valence electrons. The lowest BCUT2D eigenvalue weighted by Crippen LogP contribution is -2.20. The predicted molar refractivity (Wildman–Crippen MR) is 76.2 cm³/mol. The van der Waals surface area contributed by atoms with E-state index in [2.05, 4.69) is 15.3 Å². The highest BCUT2D eigenvalue weighted by Crippen LogP contribution is 2.21. The number of anilines is 2. The van der Waals surface area contributed by atoms with Gasteiger partial charge in [0.05, 0.1) is 5.75 Å². The van der Waals surface area contributed by atoms with Crippen molar-refractivity contribution < 1.29 is 8.42 Å². The van der Waals surface area contributed by atoms with Crippen molar-refractivity contribution in [3.05, 3.63) is 11.9 Å². The summed E-state index contributed by atoms with van der Waals surface area (Å²) < 4.78 is 21.6. The SMILES string of the molecule is CC(C)(C)c1nc(N)cc(NCCCS(N)(=O)=O)n1. The van der Waals surface area contributed by atoms with Gasteiger partial charge in [-0.2, -0.15) is 0 Å². The summed E-state index contributed by atoms with van der Waals surface area (Å²) in [6.45, 7) is 6.43. The molecule has 1 aromatic rings. The zero-order valence-corrected chi connectivity index (χ0v) is 12.3. The molecule has 7 nitrogen and oxygen atoms in total. The summed E-state index contributed by atoms with van der Waals surface area (Å²) in [5, 5.41) is 7.94. The van der Waals surface area contributed by atoms with Crippen LogP contribution in [-0.2, 0) is 15.4 Å². The number of nitrogens with zero attached hydrogens (tertiary/aromatic N) is 2. The van der Waals surface area contributed by atoms with Gasteiger partial charge in [-0.25, -0.2) is 23.5 Å². The maximum atomic E-state index is 10.8. The summed E-state index contributed by atoms with van der Waals surface area (Å²) in [6, 6.07) is 1.62. The standard InChI is InChI=1S/C11H21N5O2S/c1-11(2,3)10-15-8(12)7-9(16-10)14-5-4-6-19(13,17)18/h7H,4-6H2,1-3H3,(H2,13,17,18)(H3,12,14,15,16). The quantitative estimate of drug-likeness (QED) is 0.675. The zero-order chi connectivity index (χ0) is 14.7. The first kappa shape index (κ1) is 15.6. The third-order valence-electron chi connectivity index (χ3n) is 2.33. The van der Waals surface area contributed by atoms with E-state index in [1.807, 2.05) is 20.8 Å². The molecule has 5 N–H and O–H groups in total. The van der Waals surface area contributed by atoms with Crippen LogP contribution in [0.25, 0.3) is 0 Å². The molecule has 1 rings (SSSR count). The maximum Gasteiger partial charge on any atom is 0.209 e. The average molecular weight is 287 g/mol. The fourth-order valence-corrected chi connectivity index (χ4v) is 1.93. The molecule has 0 aliphatic carbocycles. The minimum atomic E-state index is -3.42. The lowest BCUT2D eigenvalue weighted by molar-refractivity contribution is 0.547. The van der Waals surface area contributed by atoms with Crippen LogP contribution in [0.5, 0.6) is 0 Å². The molecular formula is C11H21N5O2S. The average Bonchev–Trinajstić information content (AvgIpc) is 2.21. The summed E-state index contributed by atoms with van der Waals surface area (Å²) in [5.41, 5.74) is 5.52. The van der Waals surface area contributed by atoms with E-state index >= 15 is 0 Å². The van der Waals surface area contributed by atoms with E-state index in [1.54, 1.807) is 6.07 Å². The number of nitrogens with two attached hydrogens (primary N) is 2. The minimum Gasteiger partial charge on any atom is -0.384 e. The van der Waals surface area contributed by atoms with E-state index in [-0.39, 0.29) is 11.2 Å². The molecule has 0 spiro atoms. The Bertz CT molecular complexity index is 537. The Balaban J connectivity index is 2.67. The van der Waals surface area contributed by atoms with Gasteiger partial charge >= 0.3 is 0 Å². The van der Waals surface area contributed by atoms with Crippen LogP contribution in [0.3, 0.4) is 0 Å². The second-order valence-corrected chi connectivity index (χ2v) is 7.13. The number of primary sulfonamides is 1. The van der Waals surface area contributed by atoms with Crippen molar-refractivity contribution in [3.63, 3.8) is 0 Å². The van der Waals surface area contributed by atoms with Gasteiger partial charge in [-0.15, -0.1) is 0 Å². The first-order valence-electron chi connectivity index (χ1n) is 5.97. The molecule has 19 heavy (non-hydrogen) atoms. The number of nitrogens with one attached hydrogen (secondary N) is 1. The van der Waals surface area contributed by atoms with Crippen LogP contribution in [0.2, 0.25) is 0 Å². The van der Waals surface area contributed by atoms with Crippen molar-refractivity contribution in [3.8, 4) is 0 Å². The van der Waals surface area contributed by atoms with Crippen LogP contribution in [0.15, 0.2) is 6.07 Å². The van der Waals surface area contributed by atoms with Crippen LogP contribution in [-0.4, -0.2) is 30.7 Å². The number of rotatable bonds is 5. The van der Waals surface area contributed by atoms with Crippen molar-refractivity contribution in [2.24, 2.45) is 5.14 Å². The molecule has 0 saturated heterocycles. The van der Waals surface area contributed by atoms with Gasteiger partial charge in [0.1, 0.15) is 17.5 Å². The maximum absolute atomic E-state index is 10.8. The van der Waals surface area contributed by atoms with Crippen LogP contribution in [0.4, 0.5) is 11.6 Å². The molecule has 0 radical (unpaired) electrons. The molecule has 0 fully saturated rings. The number of aromatic nitrogens is 2. The zero-order valence-electron chi connectivity index (χ0n) is 11.5. The van der Waals surface area contributed by atoms with E-state index in [1.165, 1.54) is 0 Å². The van der Waals surface area contributed by atoms with E-state index in [0.29, 0.717) is 30.4 Å². The first-order chi connectivity index (χ1) is 8.58. The largest absolute Gasteiger partial charge is 0.384 e. The molecule has 0 atom stereocenters. The lowest BCUT2D eigenvalue weighted by Gasteiger charge is -2.18. The van der Waals surface area contributed by atoms with E-state index in [9.17, 15) is 8.42 Å². The summed E-state index contributed by atoms with van der Waals surface area (Å²) in [5.74, 6) is 1.55. The monoisotopic (exact) mass is 287 g/mol. The predicted octanol–water partition coefficient (Wildman–Crippen LogP) is 0.447. The number of sulfonamides is 1. The van der Waals surface area contributed by atoms with Gasteiger partial charge in [0.15, 0.2) is 0 Å². The highest BCUT2D eigenvalue weighted by molar-refractivity contribution is 7.89. The summed E-state index contributed by atoms with van der Waals surface area (Å²) >= 11 is 0. The molecule has 0 bridgehead atoms. The minimum absolute atomic E-state index is 0.0628. The molecule has 1 heterocycles. The van der Waals surface area contributed by atoms with E-state index in [0.717, 1.165) is 0 Å². The van der Waals surface area contributed by atoms with Crippen molar-refractivity contribution in [2.45, 2.75) is 32.6 Å². The normalized spacial score (nSPS) is 12.4. The van der Waals surface area contributed by atoms with Gasteiger partial charge in [0.2, 0.25) is 10.0 Å². The molecular weight excluding hydrogens is 266 g/mol. The smallest absolute Gasteiger partial charge is 0.209 e. The highest BCUT2D eigenvalue weighted by atomic mass is 32.2. The van der Waals surface area contributed by atoms with Crippen molar-refractivity contribution in [2.75, 3.05) is 23.3 Å². The van der Waals surface area contributed by atoms with E-state index in [4.69, 9.17) is 10.9 Å². The number of hydrogen-bond donors (Lipinski definition) is 3. The van der Waals surface area contributed by atoms with Crippen LogP contribution >= 0.6 is 0 Å². The fourth-order valence-electron chi connectivity index (χ4n) is 1.38. The van der Waals surface area contributed by atoms with Crippen LogP contribution in [0, 0.1) is 0 Å². The molecule has 0 aliphatic heterocycles. The van der Waals surface area contributed by atoms with Gasteiger partial charge in [0.25, 0.3) is 0 Å². The Labute approximate surface area is 113 Å². The molecule has 0 amide bonds. The number of hydrogen-bond acceptors (Lipinski definition) is 6. The van der Waals surface area contributed by atoms with E-state index < -0.39 is 10.0 Å². The molecule has 0 aliphatic rings. The molecule has 0 unspecified atom stereocenters. The Morgan fingerprint density at radius 3 is 2.47 bits per heavy atom. The third kappa shape index (κ3) is 5.84. The Kier molecular flexibility index (Phi) is 4.70. The van der Waals surface area contributed by atoms with Gasteiger partial charge in [-0.05, 0) is 6.42 Å². The third-order valence-corrected chi connectivity index (χ3v) is 3.19. The molecule has 0 saturated carbocycles. The Morgan fingerprint density at radius 2 is 1.95 bits per heavy atom. The van der Waals surface area contributed by atoms with Crippen molar-refractivity contribution in [1.29, 1.82) is 0 Å². The summed E-state index contributed by atoms with van der Waals surface area (Å²) in [6.07, 6.45) is 0.410. The van der Waals surface area contributed by atoms with Gasteiger partial charge in [0, 0.05) is 18.0 Å². The second kappa shape index (κ2) is 5.70. The first-order valence-corrected chi connectivity index (χ1v) is 7.69. The van der Waals surface area contributed by atoms with Crippen molar-refractivity contribution >= 4 is 21.7 Å². The van der Waals surface area contributed by atoms with Crippen LogP contribution in [0.1, 0.15) is 33.0 Å².